The molecule has 0 spiro atoms. The van der Waals surface area contributed by atoms with E-state index in [1.165, 1.54) is 0 Å². The van der Waals surface area contributed by atoms with Crippen molar-refractivity contribution in [2.75, 3.05) is 13.1 Å². The van der Waals surface area contributed by atoms with Gasteiger partial charge >= 0.3 is 25.3 Å². The number of hydrogen-bond acceptors (Lipinski definition) is 12. The van der Waals surface area contributed by atoms with Gasteiger partial charge < -0.3 is 48.9 Å². The summed E-state index contributed by atoms with van der Waals surface area (Å²) in [5.74, 6) is -0.567. The summed E-state index contributed by atoms with van der Waals surface area (Å²) in [6.45, 7) is 22.6. The van der Waals surface area contributed by atoms with Gasteiger partial charge in [0.05, 0.1) is 24.8 Å². The van der Waals surface area contributed by atoms with Gasteiger partial charge in [0.25, 0.3) is 0 Å². The molecule has 0 radical (unpaired) electrons. The fourth-order valence-corrected chi connectivity index (χ4v) is 8.50. The zero-order chi connectivity index (χ0) is 43.2. The SMILES string of the molecule is CC(C)(C)OC(=O)N[C@@H](CCC(N)=O)CC(=O)N1CC(Oc2ccc(CCB3O[C@@H]4C[C@@H]5C[C@@H](C5(C)C)[C@]4(C)O3)c(OC(=O)OC(C)(C)C)c2C(=O)OC(C)(C)C)C1. The molecule has 16 heteroatoms. The van der Waals surface area contributed by atoms with Gasteiger partial charge in [-0.25, -0.2) is 14.4 Å². The van der Waals surface area contributed by atoms with E-state index in [1.54, 1.807) is 79.3 Å². The maximum Gasteiger partial charge on any atom is 0.514 e. The van der Waals surface area contributed by atoms with Crippen LogP contribution >= 0.6 is 0 Å². The minimum absolute atomic E-state index is 0.00366. The van der Waals surface area contributed by atoms with Gasteiger partial charge in [0.15, 0.2) is 5.75 Å². The monoisotopic (exact) mass is 813 g/mol. The first-order valence-electron chi connectivity index (χ1n) is 20.5. The molecule has 1 aromatic carbocycles. The second-order valence-corrected chi connectivity index (χ2v) is 20.0. The zero-order valence-corrected chi connectivity index (χ0v) is 36.4. The number of amides is 3. The van der Waals surface area contributed by atoms with Crippen molar-refractivity contribution in [3.63, 3.8) is 0 Å². The minimum atomic E-state index is -1.00. The molecule has 58 heavy (non-hydrogen) atoms. The van der Waals surface area contributed by atoms with E-state index in [1.807, 2.05) is 0 Å². The van der Waals surface area contributed by atoms with Crippen LogP contribution in [0.1, 0.15) is 131 Å². The van der Waals surface area contributed by atoms with Crippen molar-refractivity contribution in [1.82, 2.24) is 10.2 Å². The number of rotatable bonds is 13. The zero-order valence-electron chi connectivity index (χ0n) is 36.4. The third kappa shape index (κ3) is 11.0. The van der Waals surface area contributed by atoms with E-state index in [9.17, 15) is 24.0 Å². The summed E-state index contributed by atoms with van der Waals surface area (Å²) < 4.78 is 42.0. The van der Waals surface area contributed by atoms with Crippen LogP contribution in [0.25, 0.3) is 0 Å². The Balaban J connectivity index is 1.34. The lowest BCUT2D eigenvalue weighted by Gasteiger charge is -2.64. The second kappa shape index (κ2) is 16.5. The van der Waals surface area contributed by atoms with Crippen molar-refractivity contribution < 1.29 is 57.0 Å². The topological polar surface area (TPSA) is 191 Å². The lowest BCUT2D eigenvalue weighted by molar-refractivity contribution is -0.199. The van der Waals surface area contributed by atoms with Crippen LogP contribution in [-0.4, -0.2) is 95.8 Å². The van der Waals surface area contributed by atoms with E-state index in [4.69, 9.17) is 38.7 Å². The van der Waals surface area contributed by atoms with E-state index < -0.39 is 65.8 Å². The Morgan fingerprint density at radius 1 is 0.931 bits per heavy atom. The number of nitrogens with zero attached hydrogens (tertiary/aromatic N) is 1. The van der Waals surface area contributed by atoms with Crippen molar-refractivity contribution in [3.8, 4) is 11.5 Å². The molecule has 2 bridgehead atoms. The highest BCUT2D eigenvalue weighted by Gasteiger charge is 2.67. The third-order valence-electron chi connectivity index (χ3n) is 11.4. The number of carbonyl (C=O) groups is 5. The molecule has 6 rings (SSSR count). The van der Waals surface area contributed by atoms with Crippen LogP contribution in [0, 0.1) is 17.3 Å². The van der Waals surface area contributed by atoms with Crippen molar-refractivity contribution in [2.24, 2.45) is 23.0 Å². The third-order valence-corrected chi connectivity index (χ3v) is 11.4. The van der Waals surface area contributed by atoms with Gasteiger partial charge in [-0.1, -0.05) is 19.9 Å². The fourth-order valence-electron chi connectivity index (χ4n) is 8.50. The number of nitrogens with two attached hydrogens (primary N) is 1. The van der Waals surface area contributed by atoms with E-state index in [0.29, 0.717) is 30.1 Å². The number of primary amides is 1. The molecular formula is C42H64BN3O12. The normalized spacial score (nSPS) is 24.4. The van der Waals surface area contributed by atoms with Crippen LogP contribution in [0.3, 0.4) is 0 Å². The summed E-state index contributed by atoms with van der Waals surface area (Å²) in [4.78, 5) is 66.2. The van der Waals surface area contributed by atoms with Gasteiger partial charge in [0, 0.05) is 18.9 Å². The minimum Gasteiger partial charge on any atom is -0.486 e. The smallest absolute Gasteiger partial charge is 0.486 e. The Hall–Kier alpha value is -4.05. The molecule has 3 saturated carbocycles. The van der Waals surface area contributed by atoms with Gasteiger partial charge in [0.1, 0.15) is 34.2 Å². The van der Waals surface area contributed by atoms with Crippen molar-refractivity contribution in [1.29, 1.82) is 0 Å². The van der Waals surface area contributed by atoms with Gasteiger partial charge in [0.2, 0.25) is 11.8 Å². The standard InChI is InChI=1S/C42H64BN3O12/c1-38(2,3)54-35(49)33-28(52-27-22-46(23-27)32(48)21-26(14-16-31(44)47)45-36(50)55-39(4,5)6)15-13-24(34(33)53-37(51)56-40(7,8)9)17-18-43-57-30-20-25-19-29(41(25,10)11)42(30,12)58-43/h13,15,25-27,29-30H,14,16-23H2,1-12H3,(H2,44,47)(H,45,50)/t25-,26-,29-,30+,42-/m0/s1. The van der Waals surface area contributed by atoms with Crippen LogP contribution < -0.4 is 20.5 Å². The number of esters is 1. The maximum atomic E-state index is 14.0. The molecule has 322 valence electrons. The van der Waals surface area contributed by atoms with E-state index in [2.05, 4.69) is 26.1 Å². The Labute approximate surface area is 343 Å². The maximum absolute atomic E-state index is 14.0. The summed E-state index contributed by atoms with van der Waals surface area (Å²) in [7, 11) is -0.492. The molecule has 3 N–H and O–H groups in total. The van der Waals surface area contributed by atoms with Crippen LogP contribution in [0.2, 0.25) is 6.32 Å². The van der Waals surface area contributed by atoms with Crippen molar-refractivity contribution in [3.05, 3.63) is 23.3 Å². The molecule has 3 amide bonds. The number of nitrogens with one attached hydrogen (secondary N) is 1. The molecule has 0 aromatic heterocycles. The van der Waals surface area contributed by atoms with E-state index >= 15 is 0 Å². The average Bonchev–Trinajstić information content (AvgIpc) is 3.37. The Kier molecular flexibility index (Phi) is 12.8. The predicted octanol–water partition coefficient (Wildman–Crippen LogP) is 6.37. The number of carbonyl (C=O) groups excluding carboxylic acids is 5. The molecular weight excluding hydrogens is 749 g/mol. The van der Waals surface area contributed by atoms with Crippen LogP contribution in [-0.2, 0) is 39.5 Å². The number of hydrogen-bond donors (Lipinski definition) is 2. The molecule has 15 nitrogen and oxygen atoms in total. The molecule has 2 aliphatic heterocycles. The summed E-state index contributed by atoms with van der Waals surface area (Å²) in [5, 5.41) is 2.68. The summed E-state index contributed by atoms with van der Waals surface area (Å²) >= 11 is 0. The summed E-state index contributed by atoms with van der Waals surface area (Å²) in [5.41, 5.74) is 3.03. The molecule has 0 unspecified atom stereocenters. The van der Waals surface area contributed by atoms with Crippen molar-refractivity contribution in [2.45, 2.75) is 169 Å². The first-order valence-corrected chi connectivity index (χ1v) is 20.5. The average molecular weight is 814 g/mol. The van der Waals surface area contributed by atoms with Gasteiger partial charge in [-0.15, -0.1) is 0 Å². The highest BCUT2D eigenvalue weighted by Crippen LogP contribution is 2.65. The fraction of sp³-hybridized carbons (Fsp3) is 0.738. The lowest BCUT2D eigenvalue weighted by atomic mass is 9.43. The van der Waals surface area contributed by atoms with Gasteiger partial charge in [-0.2, -0.15) is 0 Å². The Morgan fingerprint density at radius 3 is 2.16 bits per heavy atom. The van der Waals surface area contributed by atoms with Gasteiger partial charge in [-0.3, -0.25) is 9.59 Å². The summed E-state index contributed by atoms with van der Waals surface area (Å²) in [6.07, 6.45) is 0.609. The first kappa shape index (κ1) is 45.0. The van der Waals surface area contributed by atoms with Gasteiger partial charge in [-0.05, 0) is 130 Å². The molecule has 1 aromatic rings. The largest absolute Gasteiger partial charge is 0.514 e. The van der Waals surface area contributed by atoms with E-state index in [0.717, 1.165) is 12.8 Å². The number of benzene rings is 1. The quantitative estimate of drug-likeness (QED) is 0.0971. The lowest BCUT2D eigenvalue weighted by Crippen LogP contribution is -2.65. The predicted molar refractivity (Wildman–Crippen MR) is 214 cm³/mol. The number of ether oxygens (including phenoxy) is 5. The Morgan fingerprint density at radius 2 is 1.57 bits per heavy atom. The van der Waals surface area contributed by atoms with Crippen molar-refractivity contribution >= 4 is 37.2 Å². The van der Waals surface area contributed by atoms with E-state index in [-0.39, 0.29) is 66.8 Å². The highest BCUT2D eigenvalue weighted by atomic mass is 16.7. The van der Waals surface area contributed by atoms with Crippen LogP contribution in [0.4, 0.5) is 9.59 Å². The number of aryl methyl sites for hydroxylation is 1. The molecule has 2 heterocycles. The molecule has 2 saturated heterocycles. The molecule has 3 aliphatic carbocycles. The first-order chi connectivity index (χ1) is 26.6. The highest BCUT2D eigenvalue weighted by molar-refractivity contribution is 6.45. The molecule has 5 atom stereocenters. The number of alkyl carbamates (subject to hydrolysis) is 1. The number of likely N-dealkylation sites (tertiary alicyclic amines) is 1. The second-order valence-electron chi connectivity index (χ2n) is 20.0. The Bertz CT molecular complexity index is 1740. The molecule has 5 fully saturated rings. The molecule has 5 aliphatic rings. The summed E-state index contributed by atoms with van der Waals surface area (Å²) in [6, 6.07) is 2.68. The van der Waals surface area contributed by atoms with Crippen LogP contribution in [0.15, 0.2) is 12.1 Å². The van der Waals surface area contributed by atoms with Crippen LogP contribution in [0.5, 0.6) is 11.5 Å².